The average molecular weight is 324 g/mol. The van der Waals surface area contributed by atoms with Gasteiger partial charge in [-0.05, 0) is 36.2 Å². The van der Waals surface area contributed by atoms with Gasteiger partial charge in [0.1, 0.15) is 18.2 Å². The van der Waals surface area contributed by atoms with Crippen molar-refractivity contribution in [1.29, 1.82) is 0 Å². The average Bonchev–Trinajstić information content (AvgIpc) is 2.89. The first-order valence-corrected chi connectivity index (χ1v) is 7.43. The van der Waals surface area contributed by atoms with Gasteiger partial charge in [-0.25, -0.2) is 14.1 Å². The van der Waals surface area contributed by atoms with Gasteiger partial charge in [-0.15, -0.1) is 0 Å². The van der Waals surface area contributed by atoms with Gasteiger partial charge in [-0.3, -0.25) is 0 Å². The lowest BCUT2D eigenvalue weighted by Crippen LogP contribution is -1.98. The van der Waals surface area contributed by atoms with Gasteiger partial charge in [0.05, 0.1) is 18.1 Å². The molecule has 2 N–H and O–H groups in total. The van der Waals surface area contributed by atoms with E-state index in [1.807, 2.05) is 31.2 Å². The molecule has 6 heteroatoms. The SMILES string of the molecule is Cc1cn(N=Cc2cccc(COc3cccc(F)c3)c2)c(N)n1. The van der Waals surface area contributed by atoms with E-state index in [0.29, 0.717) is 18.3 Å². The standard InChI is InChI=1S/C18H17FN4O/c1-13-11-23(18(20)22-13)21-10-14-4-2-5-15(8-14)12-24-17-7-3-6-16(19)9-17/h2-11H,12H2,1H3,(H2,20,22). The second-order valence-corrected chi connectivity index (χ2v) is 5.32. The summed E-state index contributed by atoms with van der Waals surface area (Å²) in [5, 5.41) is 4.28. The van der Waals surface area contributed by atoms with Crippen molar-refractivity contribution in [2.75, 3.05) is 5.73 Å². The predicted molar refractivity (Wildman–Crippen MR) is 91.5 cm³/mol. The highest BCUT2D eigenvalue weighted by atomic mass is 19.1. The van der Waals surface area contributed by atoms with Crippen LogP contribution in [0.3, 0.4) is 0 Å². The summed E-state index contributed by atoms with van der Waals surface area (Å²) in [6.45, 7) is 2.20. The molecule has 0 fully saturated rings. The molecule has 0 radical (unpaired) electrons. The Morgan fingerprint density at radius 1 is 1.25 bits per heavy atom. The van der Waals surface area contributed by atoms with Gasteiger partial charge in [0, 0.05) is 6.07 Å². The molecule has 0 saturated heterocycles. The number of nitrogen functional groups attached to an aromatic ring is 1. The van der Waals surface area contributed by atoms with Crippen molar-refractivity contribution < 1.29 is 9.13 Å². The quantitative estimate of drug-likeness (QED) is 0.732. The number of hydrogen-bond donors (Lipinski definition) is 1. The first kappa shape index (κ1) is 15.7. The van der Waals surface area contributed by atoms with Crippen LogP contribution in [0.5, 0.6) is 5.75 Å². The van der Waals surface area contributed by atoms with Gasteiger partial charge >= 0.3 is 0 Å². The number of anilines is 1. The fourth-order valence-corrected chi connectivity index (χ4v) is 2.21. The number of imidazole rings is 1. The molecule has 1 aromatic heterocycles. The van der Waals surface area contributed by atoms with Crippen LogP contribution in [0.4, 0.5) is 10.3 Å². The van der Waals surface area contributed by atoms with Crippen LogP contribution in [0.15, 0.2) is 59.8 Å². The molecule has 0 bridgehead atoms. The maximum Gasteiger partial charge on any atom is 0.221 e. The molecule has 5 nitrogen and oxygen atoms in total. The fraction of sp³-hybridized carbons (Fsp3) is 0.111. The van der Waals surface area contributed by atoms with Crippen LogP contribution in [0.2, 0.25) is 0 Å². The summed E-state index contributed by atoms with van der Waals surface area (Å²) in [6.07, 6.45) is 3.45. The topological polar surface area (TPSA) is 65.4 Å². The summed E-state index contributed by atoms with van der Waals surface area (Å²) in [7, 11) is 0. The molecule has 0 atom stereocenters. The lowest BCUT2D eigenvalue weighted by Gasteiger charge is -2.07. The fourth-order valence-electron chi connectivity index (χ4n) is 2.21. The summed E-state index contributed by atoms with van der Waals surface area (Å²) in [5.74, 6) is 0.520. The number of rotatable bonds is 5. The molecule has 0 aliphatic rings. The zero-order chi connectivity index (χ0) is 16.9. The largest absolute Gasteiger partial charge is 0.489 e. The van der Waals surface area contributed by atoms with Crippen LogP contribution in [0.25, 0.3) is 0 Å². The second-order valence-electron chi connectivity index (χ2n) is 5.32. The minimum absolute atomic E-state index is 0.318. The molecular formula is C18H17FN4O. The first-order valence-electron chi connectivity index (χ1n) is 7.43. The van der Waals surface area contributed by atoms with Crippen LogP contribution in [-0.4, -0.2) is 15.9 Å². The second kappa shape index (κ2) is 6.95. The molecule has 0 aliphatic carbocycles. The van der Waals surface area contributed by atoms with Gasteiger partial charge in [0.15, 0.2) is 0 Å². The van der Waals surface area contributed by atoms with E-state index >= 15 is 0 Å². The van der Waals surface area contributed by atoms with Crippen molar-refractivity contribution in [3.05, 3.63) is 77.4 Å². The first-order chi connectivity index (χ1) is 11.6. The lowest BCUT2D eigenvalue weighted by molar-refractivity contribution is 0.304. The normalized spacial score (nSPS) is 11.1. The Morgan fingerprint density at radius 2 is 2.08 bits per heavy atom. The van der Waals surface area contributed by atoms with Crippen molar-refractivity contribution in [3.8, 4) is 5.75 Å². The van der Waals surface area contributed by atoms with Crippen LogP contribution < -0.4 is 10.5 Å². The zero-order valence-corrected chi connectivity index (χ0v) is 13.2. The van der Waals surface area contributed by atoms with E-state index in [1.165, 1.54) is 16.8 Å². The molecule has 3 rings (SSSR count). The monoisotopic (exact) mass is 324 g/mol. The number of halogens is 1. The molecule has 3 aromatic rings. The minimum atomic E-state index is -0.318. The molecule has 0 saturated carbocycles. The third-order valence-electron chi connectivity index (χ3n) is 3.32. The maximum atomic E-state index is 13.1. The van der Waals surface area contributed by atoms with E-state index in [0.717, 1.165) is 16.8 Å². The van der Waals surface area contributed by atoms with Crippen LogP contribution in [0.1, 0.15) is 16.8 Å². The molecule has 2 aromatic carbocycles. The molecule has 1 heterocycles. The van der Waals surface area contributed by atoms with Crippen molar-refractivity contribution in [3.63, 3.8) is 0 Å². The van der Waals surface area contributed by atoms with Crippen molar-refractivity contribution >= 4 is 12.2 Å². The number of ether oxygens (including phenoxy) is 1. The number of hydrogen-bond acceptors (Lipinski definition) is 4. The Labute approximate surface area is 139 Å². The van der Waals surface area contributed by atoms with Gasteiger partial charge in [-0.2, -0.15) is 5.10 Å². The highest BCUT2D eigenvalue weighted by molar-refractivity contribution is 5.79. The van der Waals surface area contributed by atoms with Crippen LogP contribution in [0, 0.1) is 12.7 Å². The molecule has 0 aliphatic heterocycles. The Morgan fingerprint density at radius 3 is 2.83 bits per heavy atom. The van der Waals surface area contributed by atoms with Crippen molar-refractivity contribution in [2.24, 2.45) is 5.10 Å². The number of aryl methyl sites for hydroxylation is 1. The van der Waals surface area contributed by atoms with Gasteiger partial charge < -0.3 is 10.5 Å². The van der Waals surface area contributed by atoms with E-state index in [2.05, 4.69) is 10.1 Å². The van der Waals surface area contributed by atoms with Crippen LogP contribution >= 0.6 is 0 Å². The molecule has 0 amide bonds. The summed E-state index contributed by atoms with van der Waals surface area (Å²) in [5.41, 5.74) is 8.41. The van der Waals surface area contributed by atoms with E-state index in [1.54, 1.807) is 24.5 Å². The summed E-state index contributed by atoms with van der Waals surface area (Å²) in [6, 6.07) is 13.8. The smallest absolute Gasteiger partial charge is 0.221 e. The predicted octanol–water partition coefficient (Wildman–Crippen LogP) is 3.37. The summed E-state index contributed by atoms with van der Waals surface area (Å²) < 4.78 is 20.3. The van der Waals surface area contributed by atoms with Gasteiger partial charge in [0.25, 0.3) is 0 Å². The summed E-state index contributed by atoms with van der Waals surface area (Å²) in [4.78, 5) is 4.09. The number of benzene rings is 2. The van der Waals surface area contributed by atoms with E-state index in [4.69, 9.17) is 10.5 Å². The Balaban J connectivity index is 1.69. The van der Waals surface area contributed by atoms with Gasteiger partial charge in [-0.1, -0.05) is 24.3 Å². The molecular weight excluding hydrogens is 307 g/mol. The Kier molecular flexibility index (Phi) is 4.56. The third kappa shape index (κ3) is 3.98. The van der Waals surface area contributed by atoms with E-state index in [-0.39, 0.29) is 5.82 Å². The van der Waals surface area contributed by atoms with Gasteiger partial charge in [0.2, 0.25) is 5.95 Å². The van der Waals surface area contributed by atoms with Crippen LogP contribution in [-0.2, 0) is 6.61 Å². The zero-order valence-electron chi connectivity index (χ0n) is 13.2. The molecule has 0 unspecified atom stereocenters. The number of nitrogens with zero attached hydrogens (tertiary/aromatic N) is 3. The molecule has 0 spiro atoms. The Hall–Kier alpha value is -3.15. The minimum Gasteiger partial charge on any atom is -0.489 e. The van der Waals surface area contributed by atoms with E-state index in [9.17, 15) is 4.39 Å². The van der Waals surface area contributed by atoms with E-state index < -0.39 is 0 Å². The molecule has 122 valence electrons. The number of aromatic nitrogens is 2. The van der Waals surface area contributed by atoms with Crippen molar-refractivity contribution in [1.82, 2.24) is 9.66 Å². The molecule has 24 heavy (non-hydrogen) atoms. The van der Waals surface area contributed by atoms with Crippen molar-refractivity contribution in [2.45, 2.75) is 13.5 Å². The maximum absolute atomic E-state index is 13.1. The Bertz CT molecular complexity index is 873. The lowest BCUT2D eigenvalue weighted by atomic mass is 10.1. The third-order valence-corrected chi connectivity index (χ3v) is 3.32. The highest BCUT2D eigenvalue weighted by Crippen LogP contribution is 2.14. The highest BCUT2D eigenvalue weighted by Gasteiger charge is 2.00. The number of nitrogens with two attached hydrogens (primary N) is 1. The summed E-state index contributed by atoms with van der Waals surface area (Å²) >= 11 is 0.